The molecule has 15 nitrogen and oxygen atoms in total. The number of nitrogens with one attached hydrogen (secondary N) is 2. The zero-order valence-corrected chi connectivity index (χ0v) is 32.9. The predicted molar refractivity (Wildman–Crippen MR) is 200 cm³/mol. The minimum Gasteiger partial charge on any atom is -0.481 e. The molecule has 0 aliphatic rings. The van der Waals surface area contributed by atoms with E-state index in [0.717, 1.165) is 51.4 Å². The van der Waals surface area contributed by atoms with Gasteiger partial charge in [0.05, 0.1) is 11.8 Å². The quantitative estimate of drug-likeness (QED) is 0.0344. The van der Waals surface area contributed by atoms with Crippen LogP contribution in [0.15, 0.2) is 0 Å². The van der Waals surface area contributed by atoms with Crippen molar-refractivity contribution in [3.05, 3.63) is 0 Å². The molecule has 308 valence electrons. The number of carboxylic acid groups (broad SMARTS) is 3. The van der Waals surface area contributed by atoms with Crippen molar-refractivity contribution in [1.29, 1.82) is 0 Å². The number of carboxylic acids is 3. The van der Waals surface area contributed by atoms with Crippen molar-refractivity contribution in [3.8, 4) is 0 Å². The Hall–Kier alpha value is -3.40. The van der Waals surface area contributed by atoms with E-state index in [9.17, 15) is 42.0 Å². The van der Waals surface area contributed by atoms with Gasteiger partial charge in [-0.1, -0.05) is 91.4 Å². The molecule has 0 spiro atoms. The normalized spacial score (nSPS) is 12.8. The second-order valence-corrected chi connectivity index (χ2v) is 15.1. The van der Waals surface area contributed by atoms with Crippen LogP contribution in [0.3, 0.4) is 0 Å². The van der Waals surface area contributed by atoms with Gasteiger partial charge in [0.1, 0.15) is 17.6 Å². The summed E-state index contributed by atoms with van der Waals surface area (Å²) < 4.78 is 30.9. The number of hydrogen-bond acceptors (Lipinski definition) is 9. The molecule has 6 N–H and O–H groups in total. The predicted octanol–water partition coefficient (Wildman–Crippen LogP) is 5.73. The zero-order chi connectivity index (χ0) is 40.7. The minimum atomic E-state index is -4.33. The molecule has 0 radical (unpaired) electrons. The van der Waals surface area contributed by atoms with E-state index >= 15 is 0 Å². The number of Topliss-reactive ketones (excluding diaryl/α,β-unsaturated/α-hetero) is 2. The van der Waals surface area contributed by atoms with E-state index in [1.807, 2.05) is 0 Å². The molecule has 0 aromatic carbocycles. The van der Waals surface area contributed by atoms with Gasteiger partial charge >= 0.3 is 17.9 Å². The number of carbonyl (C=O) groups excluding carboxylic acids is 4. The first-order chi connectivity index (χ1) is 24.9. The first-order valence-corrected chi connectivity index (χ1v) is 20.8. The number of rotatable bonds is 33. The number of carbonyl (C=O) groups is 7. The molecule has 16 heteroatoms. The Morgan fingerprint density at radius 3 is 1.55 bits per heavy atom. The van der Waals surface area contributed by atoms with Crippen molar-refractivity contribution < 1.29 is 61.9 Å². The van der Waals surface area contributed by atoms with Gasteiger partial charge in [-0.3, -0.25) is 38.1 Å². The lowest BCUT2D eigenvalue weighted by Crippen LogP contribution is -2.45. The van der Waals surface area contributed by atoms with Crippen LogP contribution >= 0.6 is 0 Å². The summed E-state index contributed by atoms with van der Waals surface area (Å²) in [6, 6.07) is -1.19. The Balaban J connectivity index is 0. The maximum atomic E-state index is 11.9. The Kier molecular flexibility index (Phi) is 31.3. The Labute approximate surface area is 315 Å². The molecule has 0 heterocycles. The topological polar surface area (TPSA) is 259 Å². The third kappa shape index (κ3) is 34.1. The first-order valence-electron chi connectivity index (χ1n) is 19.2. The van der Waals surface area contributed by atoms with Crippen molar-refractivity contribution in [1.82, 2.24) is 10.6 Å². The monoisotopic (exact) mass is 778 g/mol. The molecule has 0 bridgehead atoms. The molecule has 0 aliphatic carbocycles. The largest absolute Gasteiger partial charge is 0.481 e. The standard InChI is InChI=1S/C21H39NO7S.C16H27NO6/c1-2-19(23)18(17-30(27,28)29)22-20(24)15-13-11-9-7-5-3-4-6-8-10-12-14-16-21(25)26;1-3-14(19)17-9-5-4-6-12(16(22)23)10-13(18)8-7-11(2)15(20)21/h18H,2-17H2,1H3,(H,22,24)(H,25,26)(H,27,28,29);11-12H,3-10H2,1-2H3,(H,17,19)(H,20,21)(H,22,23). The lowest BCUT2D eigenvalue weighted by Gasteiger charge is -2.15. The van der Waals surface area contributed by atoms with Crippen LogP contribution in [0.1, 0.15) is 162 Å². The maximum Gasteiger partial charge on any atom is 0.306 e. The highest BCUT2D eigenvalue weighted by Crippen LogP contribution is 2.17. The number of ketones is 2. The molecule has 0 aromatic heterocycles. The van der Waals surface area contributed by atoms with Gasteiger partial charge in [0, 0.05) is 45.1 Å². The van der Waals surface area contributed by atoms with Crippen molar-refractivity contribution in [3.63, 3.8) is 0 Å². The molecule has 0 aromatic rings. The highest BCUT2D eigenvalue weighted by Gasteiger charge is 2.25. The van der Waals surface area contributed by atoms with Crippen LogP contribution in [0.5, 0.6) is 0 Å². The van der Waals surface area contributed by atoms with Gasteiger partial charge in [0.25, 0.3) is 10.1 Å². The van der Waals surface area contributed by atoms with Crippen LogP contribution in [-0.4, -0.2) is 87.9 Å². The van der Waals surface area contributed by atoms with E-state index in [2.05, 4.69) is 10.6 Å². The molecule has 53 heavy (non-hydrogen) atoms. The summed E-state index contributed by atoms with van der Waals surface area (Å²) in [5.41, 5.74) is 0. The third-order valence-electron chi connectivity index (χ3n) is 8.72. The molecule has 0 rings (SSSR count). The molecule has 0 aliphatic heterocycles. The highest BCUT2D eigenvalue weighted by atomic mass is 32.2. The molecular formula is C37H66N2O13S. The van der Waals surface area contributed by atoms with Crippen LogP contribution in [0.2, 0.25) is 0 Å². The lowest BCUT2D eigenvalue weighted by molar-refractivity contribution is -0.144. The van der Waals surface area contributed by atoms with Gasteiger partial charge in [-0.25, -0.2) is 0 Å². The van der Waals surface area contributed by atoms with E-state index in [1.54, 1.807) is 13.8 Å². The van der Waals surface area contributed by atoms with E-state index in [1.165, 1.54) is 26.2 Å². The van der Waals surface area contributed by atoms with E-state index in [4.69, 9.17) is 19.9 Å². The zero-order valence-electron chi connectivity index (χ0n) is 32.1. The number of unbranched alkanes of at least 4 members (excludes halogenated alkanes) is 12. The maximum absolute atomic E-state index is 11.9. The fraction of sp³-hybridized carbons (Fsp3) is 0.811. The summed E-state index contributed by atoms with van der Waals surface area (Å²) in [4.78, 5) is 78.7. The summed E-state index contributed by atoms with van der Waals surface area (Å²) in [6.07, 6.45) is 15.4. The van der Waals surface area contributed by atoms with E-state index in [0.29, 0.717) is 38.6 Å². The van der Waals surface area contributed by atoms with Crippen LogP contribution < -0.4 is 10.6 Å². The summed E-state index contributed by atoms with van der Waals surface area (Å²) in [5, 5.41) is 31.6. The van der Waals surface area contributed by atoms with Crippen LogP contribution in [0.4, 0.5) is 0 Å². The van der Waals surface area contributed by atoms with Crippen molar-refractivity contribution in [2.45, 2.75) is 168 Å². The average Bonchev–Trinajstić information content (AvgIpc) is 3.08. The second-order valence-electron chi connectivity index (χ2n) is 13.6. The summed E-state index contributed by atoms with van der Waals surface area (Å²) in [6.45, 7) is 5.36. The van der Waals surface area contributed by atoms with Gasteiger partial charge in [-0.15, -0.1) is 0 Å². The van der Waals surface area contributed by atoms with Gasteiger partial charge in [0.2, 0.25) is 11.8 Å². The molecule has 0 saturated carbocycles. The number of hydrogen-bond donors (Lipinski definition) is 6. The molecule has 3 unspecified atom stereocenters. The third-order valence-corrected chi connectivity index (χ3v) is 9.47. The molecular weight excluding hydrogens is 712 g/mol. The average molecular weight is 779 g/mol. The molecule has 0 saturated heterocycles. The second kappa shape index (κ2) is 32.1. The van der Waals surface area contributed by atoms with Gasteiger partial charge in [-0.2, -0.15) is 8.42 Å². The van der Waals surface area contributed by atoms with Crippen molar-refractivity contribution >= 4 is 51.4 Å². The summed E-state index contributed by atoms with van der Waals surface area (Å²) >= 11 is 0. The molecule has 2 amide bonds. The van der Waals surface area contributed by atoms with E-state index in [-0.39, 0.29) is 56.1 Å². The fourth-order valence-electron chi connectivity index (χ4n) is 5.33. The molecule has 0 fully saturated rings. The first kappa shape index (κ1) is 51.7. The minimum absolute atomic E-state index is 0.0393. The van der Waals surface area contributed by atoms with E-state index < -0.39 is 57.4 Å². The Morgan fingerprint density at radius 2 is 1.11 bits per heavy atom. The van der Waals surface area contributed by atoms with Crippen LogP contribution in [0.25, 0.3) is 0 Å². The smallest absolute Gasteiger partial charge is 0.306 e. The van der Waals surface area contributed by atoms with Gasteiger partial charge < -0.3 is 26.0 Å². The van der Waals surface area contributed by atoms with Gasteiger partial charge in [0.15, 0.2) is 5.78 Å². The van der Waals surface area contributed by atoms with Crippen molar-refractivity contribution in [2.24, 2.45) is 11.8 Å². The van der Waals surface area contributed by atoms with Crippen LogP contribution in [0, 0.1) is 11.8 Å². The Morgan fingerprint density at radius 1 is 0.604 bits per heavy atom. The van der Waals surface area contributed by atoms with Crippen LogP contribution in [-0.2, 0) is 43.7 Å². The highest BCUT2D eigenvalue weighted by molar-refractivity contribution is 7.85. The van der Waals surface area contributed by atoms with Gasteiger partial charge in [-0.05, 0) is 32.1 Å². The SMILES string of the molecule is CCC(=O)C(CS(=O)(=O)O)NC(=O)CCCCCCCCCCCCCCC(=O)O.CCC(=O)NCCCCC(CC(=O)CCC(C)C(=O)O)C(=O)O. The number of amides is 2. The lowest BCUT2D eigenvalue weighted by atomic mass is 9.93. The van der Waals surface area contributed by atoms with Crippen molar-refractivity contribution in [2.75, 3.05) is 12.3 Å². The fourth-order valence-corrected chi connectivity index (χ4v) is 6.02. The Bertz CT molecular complexity index is 1210. The number of aliphatic carboxylic acids is 3. The summed E-state index contributed by atoms with van der Waals surface area (Å²) in [5.74, 6) is -5.86. The summed E-state index contributed by atoms with van der Waals surface area (Å²) in [7, 11) is -4.33. The molecule has 3 atom stereocenters.